The molecule has 0 radical (unpaired) electrons. The van der Waals surface area contributed by atoms with Crippen LogP contribution in [0.15, 0.2) is 22.7 Å². The van der Waals surface area contributed by atoms with E-state index in [-0.39, 0.29) is 11.5 Å². The van der Waals surface area contributed by atoms with Crippen LogP contribution in [0.4, 0.5) is 0 Å². The van der Waals surface area contributed by atoms with Crippen molar-refractivity contribution in [2.24, 2.45) is 11.1 Å². The molecule has 0 aromatic heterocycles. The maximum absolute atomic E-state index is 6.08. The van der Waals surface area contributed by atoms with Crippen molar-refractivity contribution in [1.29, 1.82) is 0 Å². The smallest absolute Gasteiger partial charge is 0.133 e. The van der Waals surface area contributed by atoms with E-state index in [1.807, 2.05) is 12.1 Å². The van der Waals surface area contributed by atoms with Crippen LogP contribution in [0, 0.1) is 5.41 Å². The lowest BCUT2D eigenvalue weighted by atomic mass is 10.0. The van der Waals surface area contributed by atoms with E-state index in [0.29, 0.717) is 5.92 Å². The Morgan fingerprint density at radius 2 is 2.00 bits per heavy atom. The number of benzene rings is 1. The molecule has 0 spiro atoms. The molecule has 1 aliphatic rings. The highest BCUT2D eigenvalue weighted by Crippen LogP contribution is 2.59. The standard InChI is InChI=1S/C12H16BrNO/c1-12(2)9(11(12)14)7-5-4-6-8(15-3)10(7)13/h4-6,9,11H,14H2,1-3H3. The van der Waals surface area contributed by atoms with Crippen molar-refractivity contribution in [3.63, 3.8) is 0 Å². The van der Waals surface area contributed by atoms with Crippen LogP contribution in [0.5, 0.6) is 5.75 Å². The molecule has 0 heterocycles. The number of rotatable bonds is 2. The van der Waals surface area contributed by atoms with Gasteiger partial charge in [0, 0.05) is 12.0 Å². The Labute approximate surface area is 98.9 Å². The minimum absolute atomic E-state index is 0.203. The minimum Gasteiger partial charge on any atom is -0.496 e. The van der Waals surface area contributed by atoms with Gasteiger partial charge in [-0.2, -0.15) is 0 Å². The summed E-state index contributed by atoms with van der Waals surface area (Å²) < 4.78 is 6.32. The Morgan fingerprint density at radius 3 is 2.47 bits per heavy atom. The second-order valence-corrected chi connectivity index (χ2v) is 5.48. The molecular formula is C12H16BrNO. The second-order valence-electron chi connectivity index (χ2n) is 4.69. The van der Waals surface area contributed by atoms with Crippen LogP contribution in [0.3, 0.4) is 0 Å². The lowest BCUT2D eigenvalue weighted by molar-refractivity contribution is 0.411. The van der Waals surface area contributed by atoms with Crippen molar-refractivity contribution >= 4 is 15.9 Å². The van der Waals surface area contributed by atoms with Gasteiger partial charge in [0.05, 0.1) is 11.6 Å². The van der Waals surface area contributed by atoms with Gasteiger partial charge in [0.1, 0.15) is 5.75 Å². The number of methoxy groups -OCH3 is 1. The Balaban J connectivity index is 2.39. The topological polar surface area (TPSA) is 35.2 Å². The molecule has 1 aromatic carbocycles. The first-order valence-electron chi connectivity index (χ1n) is 5.08. The van der Waals surface area contributed by atoms with Crippen LogP contribution in [-0.4, -0.2) is 13.2 Å². The molecule has 2 atom stereocenters. The van der Waals surface area contributed by atoms with Crippen LogP contribution in [-0.2, 0) is 0 Å². The third-order valence-electron chi connectivity index (χ3n) is 3.46. The monoisotopic (exact) mass is 269 g/mol. The first-order chi connectivity index (χ1) is 7.00. The van der Waals surface area contributed by atoms with Gasteiger partial charge in [0.2, 0.25) is 0 Å². The largest absolute Gasteiger partial charge is 0.496 e. The van der Waals surface area contributed by atoms with E-state index in [1.165, 1.54) is 5.56 Å². The lowest BCUT2D eigenvalue weighted by Crippen LogP contribution is -2.06. The van der Waals surface area contributed by atoms with Gasteiger partial charge < -0.3 is 10.5 Å². The molecule has 0 amide bonds. The Hall–Kier alpha value is -0.540. The van der Waals surface area contributed by atoms with E-state index in [4.69, 9.17) is 10.5 Å². The predicted octanol–water partition coefficient (Wildman–Crippen LogP) is 2.91. The maximum atomic E-state index is 6.08. The van der Waals surface area contributed by atoms with Gasteiger partial charge in [0.25, 0.3) is 0 Å². The zero-order valence-corrected chi connectivity index (χ0v) is 10.8. The number of halogens is 1. The molecule has 1 aromatic rings. The highest BCUT2D eigenvalue weighted by molar-refractivity contribution is 9.10. The molecule has 2 N–H and O–H groups in total. The molecule has 2 nitrogen and oxygen atoms in total. The van der Waals surface area contributed by atoms with Crippen molar-refractivity contribution in [2.45, 2.75) is 25.8 Å². The van der Waals surface area contributed by atoms with Crippen molar-refractivity contribution in [2.75, 3.05) is 7.11 Å². The molecule has 0 saturated heterocycles. The van der Waals surface area contributed by atoms with Gasteiger partial charge in [0.15, 0.2) is 0 Å². The molecule has 1 aliphatic carbocycles. The Kier molecular flexibility index (Phi) is 2.55. The number of nitrogens with two attached hydrogens (primary N) is 1. The average molecular weight is 270 g/mol. The second kappa shape index (κ2) is 3.49. The number of hydrogen-bond donors (Lipinski definition) is 1. The summed E-state index contributed by atoms with van der Waals surface area (Å²) in [6.45, 7) is 4.41. The molecule has 1 saturated carbocycles. The van der Waals surface area contributed by atoms with Gasteiger partial charge in [-0.15, -0.1) is 0 Å². The highest BCUT2D eigenvalue weighted by atomic mass is 79.9. The van der Waals surface area contributed by atoms with Crippen molar-refractivity contribution < 1.29 is 4.74 Å². The van der Waals surface area contributed by atoms with E-state index >= 15 is 0 Å². The van der Waals surface area contributed by atoms with E-state index in [0.717, 1.165) is 10.2 Å². The van der Waals surface area contributed by atoms with Crippen LogP contribution < -0.4 is 10.5 Å². The fourth-order valence-electron chi connectivity index (χ4n) is 2.20. The van der Waals surface area contributed by atoms with Gasteiger partial charge in [-0.25, -0.2) is 0 Å². The minimum atomic E-state index is 0.203. The molecule has 15 heavy (non-hydrogen) atoms. The molecule has 2 unspecified atom stereocenters. The first-order valence-corrected chi connectivity index (χ1v) is 5.87. The Morgan fingerprint density at radius 1 is 1.40 bits per heavy atom. The van der Waals surface area contributed by atoms with Crippen molar-refractivity contribution in [3.05, 3.63) is 28.2 Å². The SMILES string of the molecule is COc1cccc(C2C(N)C2(C)C)c1Br. The summed E-state index contributed by atoms with van der Waals surface area (Å²) in [5, 5.41) is 0. The molecular weight excluding hydrogens is 254 g/mol. The zero-order valence-electron chi connectivity index (χ0n) is 9.25. The summed E-state index contributed by atoms with van der Waals surface area (Å²) >= 11 is 3.58. The van der Waals surface area contributed by atoms with Crippen molar-refractivity contribution in [3.8, 4) is 5.75 Å². The van der Waals surface area contributed by atoms with E-state index in [1.54, 1.807) is 7.11 Å². The number of ether oxygens (including phenoxy) is 1. The van der Waals surface area contributed by atoms with Gasteiger partial charge in [-0.05, 0) is 33.0 Å². The summed E-state index contributed by atoms with van der Waals surface area (Å²) in [6.07, 6.45) is 0. The summed E-state index contributed by atoms with van der Waals surface area (Å²) in [7, 11) is 1.68. The first kappa shape index (κ1) is 11.0. The van der Waals surface area contributed by atoms with Gasteiger partial charge in [-0.3, -0.25) is 0 Å². The van der Waals surface area contributed by atoms with E-state index in [9.17, 15) is 0 Å². The van der Waals surface area contributed by atoms with Crippen LogP contribution >= 0.6 is 15.9 Å². The van der Waals surface area contributed by atoms with Crippen molar-refractivity contribution in [1.82, 2.24) is 0 Å². The van der Waals surface area contributed by atoms with Gasteiger partial charge >= 0.3 is 0 Å². The third-order valence-corrected chi connectivity index (χ3v) is 4.31. The maximum Gasteiger partial charge on any atom is 0.133 e. The molecule has 0 aliphatic heterocycles. The predicted molar refractivity (Wildman–Crippen MR) is 65.2 cm³/mol. The van der Waals surface area contributed by atoms with Crippen LogP contribution in [0.1, 0.15) is 25.3 Å². The lowest BCUT2D eigenvalue weighted by Gasteiger charge is -2.09. The summed E-state index contributed by atoms with van der Waals surface area (Å²) in [4.78, 5) is 0. The normalized spacial score (nSPS) is 27.5. The summed E-state index contributed by atoms with van der Waals surface area (Å²) in [6, 6.07) is 6.33. The highest BCUT2D eigenvalue weighted by Gasteiger charge is 2.56. The zero-order chi connectivity index (χ0) is 11.2. The number of hydrogen-bond acceptors (Lipinski definition) is 2. The fraction of sp³-hybridized carbons (Fsp3) is 0.500. The van der Waals surface area contributed by atoms with E-state index in [2.05, 4.69) is 35.8 Å². The fourth-order valence-corrected chi connectivity index (χ4v) is 2.87. The summed E-state index contributed by atoms with van der Waals surface area (Å²) in [5.41, 5.74) is 7.53. The Bertz CT molecular complexity index is 389. The third kappa shape index (κ3) is 1.58. The van der Waals surface area contributed by atoms with Gasteiger partial charge in [-0.1, -0.05) is 26.0 Å². The molecule has 2 rings (SSSR count). The molecule has 82 valence electrons. The average Bonchev–Trinajstić information content (AvgIpc) is 2.68. The summed E-state index contributed by atoms with van der Waals surface area (Å²) in [5.74, 6) is 1.31. The van der Waals surface area contributed by atoms with Crippen LogP contribution in [0.25, 0.3) is 0 Å². The molecule has 3 heteroatoms. The molecule has 1 fully saturated rings. The quantitative estimate of drug-likeness (QED) is 0.896. The molecule has 0 bridgehead atoms. The van der Waals surface area contributed by atoms with E-state index < -0.39 is 0 Å². The van der Waals surface area contributed by atoms with Crippen LogP contribution in [0.2, 0.25) is 0 Å².